The van der Waals surface area contributed by atoms with Crippen molar-refractivity contribution in [3.8, 4) is 22.7 Å². The Bertz CT molecular complexity index is 1040. The first-order valence-corrected chi connectivity index (χ1v) is 10.8. The Kier molecular flexibility index (Phi) is 5.08. The number of aryl methyl sites for hydroxylation is 1. The molecule has 6 nitrogen and oxygen atoms in total. The molecular formula is C25H28N2O4. The number of ether oxygens (including phenoxy) is 3. The number of hydrogen-bond donors (Lipinski definition) is 1. The van der Waals surface area contributed by atoms with E-state index in [1.165, 1.54) is 5.56 Å². The Morgan fingerprint density at radius 3 is 2.19 bits per heavy atom. The van der Waals surface area contributed by atoms with Gasteiger partial charge in [0.1, 0.15) is 11.4 Å². The first-order valence-electron chi connectivity index (χ1n) is 10.8. The molecule has 0 radical (unpaired) electrons. The van der Waals surface area contributed by atoms with Gasteiger partial charge in [0, 0.05) is 18.4 Å². The number of aliphatic hydroxyl groups is 1. The fraction of sp³-hybridized carbons (Fsp3) is 0.400. The smallest absolute Gasteiger partial charge is 0.168 e. The summed E-state index contributed by atoms with van der Waals surface area (Å²) in [4.78, 5) is 0. The molecule has 1 saturated heterocycles. The number of nitrogens with zero attached hydrogens (tertiary/aromatic N) is 2. The average molecular weight is 421 g/mol. The molecule has 2 heterocycles. The molecule has 3 aromatic rings. The van der Waals surface area contributed by atoms with Gasteiger partial charge >= 0.3 is 0 Å². The second kappa shape index (κ2) is 7.79. The van der Waals surface area contributed by atoms with Crippen LogP contribution in [-0.4, -0.2) is 41.0 Å². The van der Waals surface area contributed by atoms with Crippen molar-refractivity contribution < 1.29 is 19.3 Å². The zero-order chi connectivity index (χ0) is 21.5. The van der Waals surface area contributed by atoms with Crippen LogP contribution in [0.15, 0.2) is 54.6 Å². The van der Waals surface area contributed by atoms with E-state index in [9.17, 15) is 5.11 Å². The lowest BCUT2D eigenvalue weighted by molar-refractivity contribution is -0.204. The van der Waals surface area contributed by atoms with Gasteiger partial charge in [-0.2, -0.15) is 5.10 Å². The molecule has 2 aliphatic rings. The summed E-state index contributed by atoms with van der Waals surface area (Å²) in [6, 6.07) is 18.2. The molecule has 1 spiro atoms. The van der Waals surface area contributed by atoms with Crippen LogP contribution in [0.25, 0.3) is 16.9 Å². The van der Waals surface area contributed by atoms with E-state index in [0.29, 0.717) is 44.6 Å². The van der Waals surface area contributed by atoms with E-state index >= 15 is 0 Å². The molecule has 1 aliphatic carbocycles. The van der Waals surface area contributed by atoms with Crippen LogP contribution in [0.3, 0.4) is 0 Å². The van der Waals surface area contributed by atoms with E-state index in [1.807, 2.05) is 35.0 Å². The molecular weight excluding hydrogens is 392 g/mol. The maximum absolute atomic E-state index is 11.5. The maximum Gasteiger partial charge on any atom is 0.168 e. The number of hydrogen-bond acceptors (Lipinski definition) is 5. The molecule has 1 aliphatic heterocycles. The summed E-state index contributed by atoms with van der Waals surface area (Å²) in [5, 5.41) is 16.4. The van der Waals surface area contributed by atoms with Gasteiger partial charge < -0.3 is 19.3 Å². The summed E-state index contributed by atoms with van der Waals surface area (Å²) in [5.41, 5.74) is 3.78. The molecule has 1 aromatic heterocycles. The van der Waals surface area contributed by atoms with Crippen LogP contribution in [0.5, 0.6) is 5.75 Å². The Morgan fingerprint density at radius 1 is 0.935 bits per heavy atom. The van der Waals surface area contributed by atoms with Crippen molar-refractivity contribution in [3.63, 3.8) is 0 Å². The third-order valence-corrected chi connectivity index (χ3v) is 6.50. The van der Waals surface area contributed by atoms with Crippen LogP contribution in [0.2, 0.25) is 0 Å². The molecule has 0 bridgehead atoms. The predicted molar refractivity (Wildman–Crippen MR) is 117 cm³/mol. The highest BCUT2D eigenvalue weighted by Crippen LogP contribution is 2.45. The van der Waals surface area contributed by atoms with Crippen molar-refractivity contribution in [3.05, 3.63) is 65.9 Å². The topological polar surface area (TPSA) is 65.7 Å². The molecule has 0 unspecified atom stereocenters. The van der Waals surface area contributed by atoms with Gasteiger partial charge in [-0.1, -0.05) is 17.7 Å². The van der Waals surface area contributed by atoms with E-state index in [0.717, 1.165) is 22.7 Å². The van der Waals surface area contributed by atoms with Crippen molar-refractivity contribution in [2.24, 2.45) is 0 Å². The summed E-state index contributed by atoms with van der Waals surface area (Å²) in [5.74, 6) is 0.281. The SMILES string of the molecule is COc1ccc(-c2cc(C3(O)CCC4(CC3)OCCO4)nn2-c2ccc(C)cc2)cc1. The fourth-order valence-electron chi connectivity index (χ4n) is 4.55. The molecule has 6 heteroatoms. The third-order valence-electron chi connectivity index (χ3n) is 6.50. The molecule has 1 saturated carbocycles. The van der Waals surface area contributed by atoms with Crippen LogP contribution < -0.4 is 4.74 Å². The van der Waals surface area contributed by atoms with Crippen molar-refractivity contribution in [2.75, 3.05) is 20.3 Å². The number of rotatable bonds is 4. The lowest BCUT2D eigenvalue weighted by Gasteiger charge is -2.39. The van der Waals surface area contributed by atoms with Gasteiger partial charge in [-0.25, -0.2) is 4.68 Å². The Balaban J connectivity index is 1.53. The summed E-state index contributed by atoms with van der Waals surface area (Å²) in [6.45, 7) is 3.32. The lowest BCUT2D eigenvalue weighted by Crippen LogP contribution is -2.42. The number of benzene rings is 2. The van der Waals surface area contributed by atoms with Gasteiger partial charge in [-0.15, -0.1) is 0 Å². The quantitative estimate of drug-likeness (QED) is 0.679. The van der Waals surface area contributed by atoms with Crippen molar-refractivity contribution in [1.29, 1.82) is 0 Å². The number of aromatic nitrogens is 2. The van der Waals surface area contributed by atoms with Gasteiger partial charge in [-0.05, 0) is 62.2 Å². The Labute approximate surface area is 182 Å². The molecule has 162 valence electrons. The lowest BCUT2D eigenvalue weighted by atomic mass is 9.79. The highest BCUT2D eigenvalue weighted by molar-refractivity contribution is 5.64. The van der Waals surface area contributed by atoms with Crippen molar-refractivity contribution >= 4 is 0 Å². The fourth-order valence-corrected chi connectivity index (χ4v) is 4.55. The van der Waals surface area contributed by atoms with E-state index in [1.54, 1.807) is 7.11 Å². The largest absolute Gasteiger partial charge is 0.497 e. The maximum atomic E-state index is 11.5. The summed E-state index contributed by atoms with van der Waals surface area (Å²) >= 11 is 0. The Hall–Kier alpha value is -2.67. The van der Waals surface area contributed by atoms with Crippen LogP contribution in [0.1, 0.15) is 36.9 Å². The minimum atomic E-state index is -1.00. The highest BCUT2D eigenvalue weighted by atomic mass is 16.7. The normalized spacial score (nSPS) is 19.6. The summed E-state index contributed by atoms with van der Waals surface area (Å²) in [6.07, 6.45) is 2.44. The standard InChI is InChI=1S/C25H28N2O4/c1-18-3-7-20(8-4-18)27-22(19-5-9-21(29-2)10-6-19)17-23(26-27)24(28)11-13-25(14-12-24)30-15-16-31-25/h3-10,17,28H,11-16H2,1-2H3. The number of methoxy groups -OCH3 is 1. The predicted octanol–water partition coefficient (Wildman–Crippen LogP) is 4.36. The van der Waals surface area contributed by atoms with Gasteiger partial charge in [-0.3, -0.25) is 0 Å². The zero-order valence-corrected chi connectivity index (χ0v) is 18.0. The molecule has 0 atom stereocenters. The van der Waals surface area contributed by atoms with Crippen molar-refractivity contribution in [2.45, 2.75) is 44.0 Å². The minimum Gasteiger partial charge on any atom is -0.497 e. The minimum absolute atomic E-state index is 0.523. The van der Waals surface area contributed by atoms with E-state index < -0.39 is 11.4 Å². The first-order chi connectivity index (χ1) is 15.0. The molecule has 5 rings (SSSR count). The van der Waals surface area contributed by atoms with E-state index in [4.69, 9.17) is 19.3 Å². The van der Waals surface area contributed by atoms with Gasteiger partial charge in [0.25, 0.3) is 0 Å². The van der Waals surface area contributed by atoms with Crippen LogP contribution in [-0.2, 0) is 15.1 Å². The first kappa shape index (κ1) is 20.2. The molecule has 31 heavy (non-hydrogen) atoms. The van der Waals surface area contributed by atoms with E-state index in [-0.39, 0.29) is 0 Å². The molecule has 2 aromatic carbocycles. The van der Waals surface area contributed by atoms with Crippen LogP contribution in [0, 0.1) is 6.92 Å². The van der Waals surface area contributed by atoms with Crippen molar-refractivity contribution in [1.82, 2.24) is 9.78 Å². The molecule has 2 fully saturated rings. The van der Waals surface area contributed by atoms with Crippen LogP contribution in [0.4, 0.5) is 0 Å². The summed E-state index contributed by atoms with van der Waals surface area (Å²) in [7, 11) is 1.66. The second-order valence-corrected chi connectivity index (χ2v) is 8.53. The summed E-state index contributed by atoms with van der Waals surface area (Å²) < 4.78 is 18.9. The van der Waals surface area contributed by atoms with Gasteiger partial charge in [0.05, 0.1) is 37.4 Å². The highest BCUT2D eigenvalue weighted by Gasteiger charge is 2.47. The van der Waals surface area contributed by atoms with Gasteiger partial charge in [0.15, 0.2) is 5.79 Å². The zero-order valence-electron chi connectivity index (χ0n) is 18.0. The monoisotopic (exact) mass is 420 g/mol. The molecule has 0 amide bonds. The molecule has 1 N–H and O–H groups in total. The second-order valence-electron chi connectivity index (χ2n) is 8.53. The van der Waals surface area contributed by atoms with Gasteiger partial charge in [0.2, 0.25) is 0 Å². The van der Waals surface area contributed by atoms with E-state index in [2.05, 4.69) is 31.2 Å². The third kappa shape index (κ3) is 3.76. The Morgan fingerprint density at radius 2 is 1.58 bits per heavy atom. The van der Waals surface area contributed by atoms with Crippen LogP contribution >= 0.6 is 0 Å². The average Bonchev–Trinajstić information content (AvgIpc) is 3.45.